The highest BCUT2D eigenvalue weighted by atomic mass is 32.2. The summed E-state index contributed by atoms with van der Waals surface area (Å²) in [6.07, 6.45) is 0.874. The van der Waals surface area contributed by atoms with Crippen molar-refractivity contribution in [2.24, 2.45) is 0 Å². The second-order valence-corrected chi connectivity index (χ2v) is 7.14. The zero-order valence-electron chi connectivity index (χ0n) is 13.1. The summed E-state index contributed by atoms with van der Waals surface area (Å²) in [5.41, 5.74) is 3.53. The third-order valence-corrected chi connectivity index (χ3v) is 5.28. The molecule has 0 spiro atoms. The molecule has 0 fully saturated rings. The molecular weight excluding hydrogens is 342 g/mol. The summed E-state index contributed by atoms with van der Waals surface area (Å²) in [4.78, 5) is 0.851. The minimum absolute atomic E-state index is 0.0934. The molecule has 0 aliphatic carbocycles. The molecule has 0 unspecified atom stereocenters. The lowest BCUT2D eigenvalue weighted by molar-refractivity contribution is -0.439. The molecule has 1 aliphatic rings. The number of rotatable bonds is 9. The van der Waals surface area contributed by atoms with Gasteiger partial charge in [0.05, 0.1) is 17.5 Å². The largest absolute Gasteiger partial charge is 0.220 e. The standard InChI is InChI=1S/C14H19NO6S2/c1-10-14(2,3)12-9-11(23-21-19-17)5-6-13(12)15(10)7-4-8-22-20-18-16/h5-6,9H,4,7-8H2,1-3H3,(H-,16,17)/p+1. The lowest BCUT2D eigenvalue weighted by Crippen LogP contribution is -2.26. The molecule has 0 aromatic heterocycles. The molecule has 7 nitrogen and oxygen atoms in total. The van der Waals surface area contributed by atoms with Crippen LogP contribution in [0.2, 0.25) is 0 Å². The number of nitrogens with zero attached hydrogens (tertiary/aromatic N) is 1. The average molecular weight is 362 g/mol. The van der Waals surface area contributed by atoms with Gasteiger partial charge in [0.1, 0.15) is 6.54 Å². The van der Waals surface area contributed by atoms with Crippen molar-refractivity contribution in [3.05, 3.63) is 23.8 Å². The smallest absolute Gasteiger partial charge is 0.209 e. The van der Waals surface area contributed by atoms with Crippen molar-refractivity contribution in [2.45, 2.75) is 37.5 Å². The van der Waals surface area contributed by atoms with E-state index in [1.807, 2.05) is 18.2 Å². The Balaban J connectivity index is 2.14. The quantitative estimate of drug-likeness (QED) is 0.225. The van der Waals surface area contributed by atoms with Crippen LogP contribution in [-0.4, -0.2) is 33.1 Å². The van der Waals surface area contributed by atoms with Gasteiger partial charge < -0.3 is 0 Å². The highest BCUT2D eigenvalue weighted by Gasteiger charge is 2.42. The minimum atomic E-state index is -0.0934. The number of hydrogen-bond acceptors (Lipinski definition) is 8. The normalized spacial score (nSPS) is 16.0. The fourth-order valence-electron chi connectivity index (χ4n) is 2.70. The Morgan fingerprint density at radius 3 is 2.61 bits per heavy atom. The predicted molar refractivity (Wildman–Crippen MR) is 87.5 cm³/mol. The van der Waals surface area contributed by atoms with Crippen molar-refractivity contribution in [3.8, 4) is 0 Å². The zero-order valence-corrected chi connectivity index (χ0v) is 14.8. The molecule has 1 heterocycles. The molecule has 0 radical (unpaired) electrons. The average Bonchev–Trinajstić information content (AvgIpc) is 2.73. The predicted octanol–water partition coefficient (Wildman–Crippen LogP) is 3.97. The number of fused-ring (bicyclic) bond motifs is 1. The van der Waals surface area contributed by atoms with Crippen LogP contribution in [0.5, 0.6) is 0 Å². The van der Waals surface area contributed by atoms with Crippen LogP contribution < -0.4 is 0 Å². The Kier molecular flexibility index (Phi) is 6.86. The van der Waals surface area contributed by atoms with E-state index in [-0.39, 0.29) is 5.41 Å². The molecular formula is C14H20NO6S2+. The van der Waals surface area contributed by atoms with Gasteiger partial charge in [-0.3, -0.25) is 0 Å². The molecule has 1 aromatic carbocycles. The fourth-order valence-corrected chi connectivity index (χ4v) is 3.45. The monoisotopic (exact) mass is 362 g/mol. The van der Waals surface area contributed by atoms with Crippen molar-refractivity contribution >= 4 is 35.5 Å². The van der Waals surface area contributed by atoms with Gasteiger partial charge in [0.25, 0.3) is 0 Å². The van der Waals surface area contributed by atoms with Gasteiger partial charge in [-0.25, -0.2) is 10.5 Å². The van der Waals surface area contributed by atoms with Crippen LogP contribution in [0.4, 0.5) is 5.69 Å². The van der Waals surface area contributed by atoms with Gasteiger partial charge in [-0.1, -0.05) is 10.1 Å². The SMILES string of the molecule is CC1=[N+](CCCSOOO)c2ccc(SOOO)cc2C1(C)C. The lowest BCUT2D eigenvalue weighted by Gasteiger charge is -2.15. The van der Waals surface area contributed by atoms with E-state index in [0.717, 1.165) is 47.6 Å². The van der Waals surface area contributed by atoms with E-state index in [1.165, 1.54) is 11.3 Å². The summed E-state index contributed by atoms with van der Waals surface area (Å²) >= 11 is 2.02. The molecule has 0 amide bonds. The molecule has 0 bridgehead atoms. The Morgan fingerprint density at radius 2 is 1.91 bits per heavy atom. The van der Waals surface area contributed by atoms with Crippen LogP contribution in [0, 0.1) is 0 Å². The van der Waals surface area contributed by atoms with Gasteiger partial charge in [-0.2, -0.15) is 4.58 Å². The third kappa shape index (κ3) is 4.25. The Labute approximate surface area is 143 Å². The first kappa shape index (κ1) is 18.7. The van der Waals surface area contributed by atoms with Crippen molar-refractivity contribution in [3.63, 3.8) is 0 Å². The van der Waals surface area contributed by atoms with Gasteiger partial charge in [-0.05, 0) is 26.0 Å². The zero-order chi connectivity index (χ0) is 16.9. The van der Waals surface area contributed by atoms with E-state index in [4.69, 9.17) is 10.5 Å². The second kappa shape index (κ2) is 8.45. The van der Waals surface area contributed by atoms with Gasteiger partial charge in [0.15, 0.2) is 5.71 Å². The number of hydrogen-bond donors (Lipinski definition) is 2. The van der Waals surface area contributed by atoms with Crippen LogP contribution in [0.3, 0.4) is 0 Å². The maximum atomic E-state index is 8.27. The summed E-state index contributed by atoms with van der Waals surface area (Å²) in [5.74, 6) is 0.704. The van der Waals surface area contributed by atoms with Crippen LogP contribution in [0.25, 0.3) is 0 Å². The number of benzene rings is 1. The molecule has 2 N–H and O–H groups in total. The third-order valence-electron chi connectivity index (χ3n) is 4.09. The second-order valence-electron chi connectivity index (χ2n) is 5.59. The Bertz CT molecular complexity index is 578. The molecule has 23 heavy (non-hydrogen) atoms. The Hall–Kier alpha value is -0.650. The molecule has 0 saturated carbocycles. The highest BCUT2D eigenvalue weighted by molar-refractivity contribution is 7.94. The van der Waals surface area contributed by atoms with Crippen molar-refractivity contribution in [2.75, 3.05) is 12.3 Å². The molecule has 128 valence electrons. The van der Waals surface area contributed by atoms with E-state index in [9.17, 15) is 0 Å². The van der Waals surface area contributed by atoms with E-state index in [0.29, 0.717) is 5.75 Å². The van der Waals surface area contributed by atoms with Gasteiger partial charge in [0.2, 0.25) is 5.69 Å². The van der Waals surface area contributed by atoms with Crippen LogP contribution in [-0.2, 0) is 24.2 Å². The molecule has 1 aliphatic heterocycles. The van der Waals surface area contributed by atoms with Crippen molar-refractivity contribution in [1.82, 2.24) is 0 Å². The molecule has 0 atom stereocenters. The summed E-state index contributed by atoms with van der Waals surface area (Å²) in [7, 11) is 0. The highest BCUT2D eigenvalue weighted by Crippen LogP contribution is 2.41. The van der Waals surface area contributed by atoms with Gasteiger partial charge in [0, 0.05) is 47.7 Å². The van der Waals surface area contributed by atoms with Crippen LogP contribution in [0.1, 0.15) is 32.8 Å². The first-order valence-corrected chi connectivity index (χ1v) is 8.68. The molecule has 0 saturated heterocycles. The maximum Gasteiger partial charge on any atom is 0.209 e. The van der Waals surface area contributed by atoms with Gasteiger partial charge in [-0.15, -0.1) is 8.67 Å². The molecule has 1 aromatic rings. The first-order chi connectivity index (χ1) is 11.0. The summed E-state index contributed by atoms with van der Waals surface area (Å²) in [5, 5.41) is 23.6. The first-order valence-electron chi connectivity index (χ1n) is 7.03. The lowest BCUT2D eigenvalue weighted by atomic mass is 9.82. The Morgan fingerprint density at radius 1 is 1.17 bits per heavy atom. The molecule has 2 rings (SSSR count). The molecule has 9 heteroatoms. The topological polar surface area (TPSA) is 80.4 Å². The van der Waals surface area contributed by atoms with E-state index < -0.39 is 0 Å². The summed E-state index contributed by atoms with van der Waals surface area (Å²) < 4.78 is 11.2. The minimum Gasteiger partial charge on any atom is -0.220 e. The van der Waals surface area contributed by atoms with E-state index >= 15 is 0 Å². The van der Waals surface area contributed by atoms with Crippen LogP contribution >= 0.6 is 24.1 Å². The van der Waals surface area contributed by atoms with E-state index in [2.05, 4.69) is 44.1 Å². The van der Waals surface area contributed by atoms with Crippen molar-refractivity contribution in [1.29, 1.82) is 0 Å². The fraction of sp³-hybridized carbons (Fsp3) is 0.500. The van der Waals surface area contributed by atoms with Crippen LogP contribution in [0.15, 0.2) is 23.1 Å². The van der Waals surface area contributed by atoms with E-state index in [1.54, 1.807) is 0 Å². The van der Waals surface area contributed by atoms with Gasteiger partial charge >= 0.3 is 0 Å². The summed E-state index contributed by atoms with van der Waals surface area (Å²) in [6, 6.07) is 6.00. The summed E-state index contributed by atoms with van der Waals surface area (Å²) in [6.45, 7) is 7.32. The maximum absolute atomic E-state index is 8.27. The van der Waals surface area contributed by atoms with Crippen molar-refractivity contribution < 1.29 is 33.8 Å².